The molecule has 3 nitrogen and oxygen atoms in total. The number of carbonyl (C=O) groups is 2. The standard InChI is InChI=1S/C20H23NO2/c1-19(2)10-6-11-20(3)14-21(12-9-17(19)20)18(23)16-8-5-4-7-15(16)13-22/h4-10,13H,11-12,14H2,1-3H3/t20-/m1/s1. The first-order valence-electron chi connectivity index (χ1n) is 8.10. The largest absolute Gasteiger partial charge is 0.334 e. The van der Waals surface area contributed by atoms with E-state index in [4.69, 9.17) is 0 Å². The highest BCUT2D eigenvalue weighted by molar-refractivity contribution is 6.01. The number of fused-ring (bicyclic) bond motifs is 1. The summed E-state index contributed by atoms with van der Waals surface area (Å²) in [6.45, 7) is 7.99. The number of hydrogen-bond acceptors (Lipinski definition) is 2. The summed E-state index contributed by atoms with van der Waals surface area (Å²) in [6, 6.07) is 7.02. The molecule has 0 fully saturated rings. The molecule has 2 aliphatic rings. The minimum absolute atomic E-state index is 0.0255. The molecule has 0 saturated carbocycles. The van der Waals surface area contributed by atoms with E-state index in [0.717, 1.165) is 12.7 Å². The van der Waals surface area contributed by atoms with E-state index in [9.17, 15) is 9.59 Å². The summed E-state index contributed by atoms with van der Waals surface area (Å²) >= 11 is 0. The highest BCUT2D eigenvalue weighted by atomic mass is 16.2. The summed E-state index contributed by atoms with van der Waals surface area (Å²) in [5.74, 6) is -0.0587. The van der Waals surface area contributed by atoms with Gasteiger partial charge < -0.3 is 4.90 Å². The van der Waals surface area contributed by atoms with E-state index in [-0.39, 0.29) is 16.7 Å². The van der Waals surface area contributed by atoms with Crippen LogP contribution in [0, 0.1) is 10.8 Å². The second kappa shape index (κ2) is 5.48. The number of nitrogens with zero attached hydrogens (tertiary/aromatic N) is 1. The smallest absolute Gasteiger partial charge is 0.254 e. The van der Waals surface area contributed by atoms with E-state index in [1.54, 1.807) is 24.3 Å². The molecule has 23 heavy (non-hydrogen) atoms. The number of hydrogen-bond donors (Lipinski definition) is 0. The molecule has 1 heterocycles. The van der Waals surface area contributed by atoms with Crippen molar-refractivity contribution in [3.63, 3.8) is 0 Å². The summed E-state index contributed by atoms with van der Waals surface area (Å²) in [7, 11) is 0. The van der Waals surface area contributed by atoms with Crippen LogP contribution in [0.25, 0.3) is 0 Å². The molecular formula is C20H23NO2. The molecule has 0 radical (unpaired) electrons. The lowest BCUT2D eigenvalue weighted by atomic mass is 9.62. The summed E-state index contributed by atoms with van der Waals surface area (Å²) in [5, 5.41) is 0. The van der Waals surface area contributed by atoms with Crippen molar-refractivity contribution in [2.45, 2.75) is 27.2 Å². The Morgan fingerprint density at radius 1 is 1.22 bits per heavy atom. The SMILES string of the molecule is CC1(C)C=CC[C@]2(C)CN(C(=O)c3ccccc3C=O)CC=C12. The van der Waals surface area contributed by atoms with E-state index in [0.29, 0.717) is 24.2 Å². The number of aldehydes is 1. The topological polar surface area (TPSA) is 37.4 Å². The lowest BCUT2D eigenvalue weighted by molar-refractivity contribution is 0.0678. The molecule has 3 heteroatoms. The number of allylic oxidation sites excluding steroid dienone is 2. The third kappa shape index (κ3) is 2.65. The second-order valence-electron chi connectivity index (χ2n) is 7.40. The van der Waals surface area contributed by atoms with Gasteiger partial charge in [0.15, 0.2) is 6.29 Å². The van der Waals surface area contributed by atoms with Gasteiger partial charge in [0.1, 0.15) is 0 Å². The molecule has 0 bridgehead atoms. The van der Waals surface area contributed by atoms with Crippen molar-refractivity contribution in [1.82, 2.24) is 4.90 Å². The van der Waals surface area contributed by atoms with E-state index in [1.165, 1.54) is 5.57 Å². The lowest BCUT2D eigenvalue weighted by Gasteiger charge is -2.48. The van der Waals surface area contributed by atoms with Gasteiger partial charge in [-0.3, -0.25) is 9.59 Å². The molecule has 1 aromatic carbocycles. The maximum atomic E-state index is 12.9. The quantitative estimate of drug-likeness (QED) is 0.614. The summed E-state index contributed by atoms with van der Waals surface area (Å²) in [5.41, 5.74) is 2.39. The lowest BCUT2D eigenvalue weighted by Crippen LogP contribution is -2.48. The maximum absolute atomic E-state index is 12.9. The number of carbonyl (C=O) groups excluding carboxylic acids is 2. The monoisotopic (exact) mass is 309 g/mol. The third-order valence-electron chi connectivity index (χ3n) is 5.11. The van der Waals surface area contributed by atoms with Crippen LogP contribution in [0.4, 0.5) is 0 Å². The van der Waals surface area contributed by atoms with Gasteiger partial charge in [0.2, 0.25) is 0 Å². The van der Waals surface area contributed by atoms with Crippen molar-refractivity contribution in [3.8, 4) is 0 Å². The minimum Gasteiger partial charge on any atom is -0.334 e. The Morgan fingerprint density at radius 2 is 1.96 bits per heavy atom. The van der Waals surface area contributed by atoms with Gasteiger partial charge in [0, 0.05) is 29.5 Å². The minimum atomic E-state index is -0.0587. The second-order valence-corrected chi connectivity index (χ2v) is 7.40. The number of benzene rings is 1. The first-order chi connectivity index (χ1) is 10.9. The molecule has 0 unspecified atom stereocenters. The molecule has 1 atom stereocenters. The fourth-order valence-electron chi connectivity index (χ4n) is 4.06. The fraction of sp³-hybridized carbons (Fsp3) is 0.400. The van der Waals surface area contributed by atoms with Crippen LogP contribution in [0.15, 0.2) is 48.1 Å². The van der Waals surface area contributed by atoms with Gasteiger partial charge in [0.25, 0.3) is 5.91 Å². The summed E-state index contributed by atoms with van der Waals surface area (Å²) in [4.78, 5) is 25.9. The van der Waals surface area contributed by atoms with E-state index < -0.39 is 0 Å². The molecule has 0 aromatic heterocycles. The molecule has 3 rings (SSSR count). The van der Waals surface area contributed by atoms with E-state index in [2.05, 4.69) is 39.0 Å². The Bertz CT molecular complexity index is 714. The van der Waals surface area contributed by atoms with Crippen molar-refractivity contribution >= 4 is 12.2 Å². The van der Waals surface area contributed by atoms with E-state index >= 15 is 0 Å². The van der Waals surface area contributed by atoms with Gasteiger partial charge in [-0.1, -0.05) is 62.8 Å². The zero-order chi connectivity index (χ0) is 16.7. The van der Waals surface area contributed by atoms with Gasteiger partial charge in [-0.2, -0.15) is 0 Å². The highest BCUT2D eigenvalue weighted by Gasteiger charge is 2.43. The van der Waals surface area contributed by atoms with Crippen LogP contribution >= 0.6 is 0 Å². The molecule has 1 aliphatic heterocycles. The summed E-state index contributed by atoms with van der Waals surface area (Å²) in [6.07, 6.45) is 8.40. The average molecular weight is 309 g/mol. The molecular weight excluding hydrogens is 286 g/mol. The van der Waals surface area contributed by atoms with Crippen molar-refractivity contribution in [3.05, 3.63) is 59.2 Å². The van der Waals surface area contributed by atoms with E-state index in [1.807, 2.05) is 4.90 Å². The predicted molar refractivity (Wildman–Crippen MR) is 91.5 cm³/mol. The van der Waals surface area contributed by atoms with Gasteiger partial charge in [-0.05, 0) is 12.5 Å². The van der Waals surface area contributed by atoms with Gasteiger partial charge in [-0.15, -0.1) is 0 Å². The number of amides is 1. The Labute approximate surface area is 137 Å². The first kappa shape index (κ1) is 15.7. The third-order valence-corrected chi connectivity index (χ3v) is 5.11. The number of rotatable bonds is 2. The van der Waals surface area contributed by atoms with Crippen molar-refractivity contribution in [2.24, 2.45) is 10.8 Å². The van der Waals surface area contributed by atoms with Crippen molar-refractivity contribution in [2.75, 3.05) is 13.1 Å². The first-order valence-corrected chi connectivity index (χ1v) is 8.10. The van der Waals surface area contributed by atoms with Crippen LogP contribution < -0.4 is 0 Å². The van der Waals surface area contributed by atoms with Crippen LogP contribution in [-0.2, 0) is 0 Å². The van der Waals surface area contributed by atoms with Crippen molar-refractivity contribution in [1.29, 1.82) is 0 Å². The average Bonchev–Trinajstić information content (AvgIpc) is 2.52. The van der Waals surface area contributed by atoms with Gasteiger partial charge in [-0.25, -0.2) is 0 Å². The van der Waals surface area contributed by atoms with Gasteiger partial charge in [0.05, 0.1) is 5.56 Å². The fourth-order valence-corrected chi connectivity index (χ4v) is 4.06. The Morgan fingerprint density at radius 3 is 2.70 bits per heavy atom. The summed E-state index contributed by atoms with van der Waals surface area (Å²) < 4.78 is 0. The van der Waals surface area contributed by atoms with Crippen LogP contribution in [-0.4, -0.2) is 30.2 Å². The molecule has 0 N–H and O–H groups in total. The molecule has 1 aliphatic carbocycles. The van der Waals surface area contributed by atoms with Crippen molar-refractivity contribution < 1.29 is 9.59 Å². The maximum Gasteiger partial charge on any atom is 0.254 e. The van der Waals surface area contributed by atoms with Crippen LogP contribution in [0.2, 0.25) is 0 Å². The Hall–Kier alpha value is -2.16. The van der Waals surface area contributed by atoms with Crippen LogP contribution in [0.3, 0.4) is 0 Å². The van der Waals surface area contributed by atoms with Crippen LogP contribution in [0.1, 0.15) is 47.9 Å². The molecule has 1 amide bonds. The molecule has 1 aromatic rings. The molecule has 120 valence electrons. The predicted octanol–water partition coefficient (Wildman–Crippen LogP) is 3.87. The Kier molecular flexibility index (Phi) is 3.75. The van der Waals surface area contributed by atoms with Crippen LogP contribution in [0.5, 0.6) is 0 Å². The van der Waals surface area contributed by atoms with Gasteiger partial charge >= 0.3 is 0 Å². The molecule has 0 spiro atoms. The highest BCUT2D eigenvalue weighted by Crippen LogP contribution is 2.49. The Balaban J connectivity index is 1.92. The zero-order valence-electron chi connectivity index (χ0n) is 14.0. The normalized spacial score (nSPS) is 25.5. The zero-order valence-corrected chi connectivity index (χ0v) is 14.0. The molecule has 0 saturated heterocycles.